The fraction of sp³-hybridized carbons (Fsp3) is 0.500. The monoisotopic (exact) mass is 366 g/mol. The fourth-order valence-electron chi connectivity index (χ4n) is 3.09. The molecule has 0 radical (unpaired) electrons. The molecule has 1 fully saturated rings. The summed E-state index contributed by atoms with van der Waals surface area (Å²) < 4.78 is 43.8. The third-order valence-electron chi connectivity index (χ3n) is 4.38. The molecule has 0 aliphatic carbocycles. The van der Waals surface area contributed by atoms with Gasteiger partial charge in [-0.25, -0.2) is 4.98 Å². The van der Waals surface area contributed by atoms with Gasteiger partial charge >= 0.3 is 6.18 Å². The first-order valence-corrected chi connectivity index (χ1v) is 8.54. The lowest BCUT2D eigenvalue weighted by Crippen LogP contribution is -2.38. The van der Waals surface area contributed by atoms with E-state index >= 15 is 0 Å². The van der Waals surface area contributed by atoms with Crippen LogP contribution in [0.4, 0.5) is 19.0 Å². The largest absolute Gasteiger partial charge is 0.493 e. The third-order valence-corrected chi connectivity index (χ3v) is 4.38. The lowest BCUT2D eigenvalue weighted by Gasteiger charge is -2.34. The molecule has 0 aromatic carbocycles. The first-order valence-electron chi connectivity index (χ1n) is 8.54. The van der Waals surface area contributed by atoms with Gasteiger partial charge in [0.25, 0.3) is 0 Å². The Kier molecular flexibility index (Phi) is 5.29. The van der Waals surface area contributed by atoms with E-state index in [1.807, 2.05) is 13.8 Å². The number of aryl methyl sites for hydroxylation is 2. The molecule has 3 heterocycles. The molecule has 1 aliphatic rings. The SMILES string of the molecule is Cc1cnc(C)c(N2CCCC(COc3ccnc(C(F)(F)F)c3)C2)n1. The Bertz CT molecular complexity index is 766. The van der Waals surface area contributed by atoms with E-state index in [-0.39, 0.29) is 11.7 Å². The summed E-state index contributed by atoms with van der Waals surface area (Å²) in [6, 6.07) is 2.39. The first-order chi connectivity index (χ1) is 12.3. The highest BCUT2D eigenvalue weighted by Gasteiger charge is 2.32. The van der Waals surface area contributed by atoms with Gasteiger partial charge in [-0.05, 0) is 32.8 Å². The van der Waals surface area contributed by atoms with Crippen molar-refractivity contribution in [2.24, 2.45) is 5.92 Å². The van der Waals surface area contributed by atoms with Crippen LogP contribution in [0.5, 0.6) is 5.75 Å². The number of aromatic nitrogens is 3. The van der Waals surface area contributed by atoms with Crippen molar-refractivity contribution in [2.75, 3.05) is 24.6 Å². The lowest BCUT2D eigenvalue weighted by molar-refractivity contribution is -0.141. The van der Waals surface area contributed by atoms with Crippen LogP contribution >= 0.6 is 0 Å². The summed E-state index contributed by atoms with van der Waals surface area (Å²) in [5.41, 5.74) is 0.799. The van der Waals surface area contributed by atoms with Crippen molar-refractivity contribution < 1.29 is 17.9 Å². The standard InChI is InChI=1S/C18H21F3N4O/c1-12-9-23-13(2)17(24-12)25-7-3-4-14(10-25)11-26-15-5-6-22-16(8-15)18(19,20)21/h5-6,8-9,14H,3-4,7,10-11H2,1-2H3. The zero-order valence-electron chi connectivity index (χ0n) is 14.8. The minimum Gasteiger partial charge on any atom is -0.493 e. The quantitative estimate of drug-likeness (QED) is 0.824. The summed E-state index contributed by atoms with van der Waals surface area (Å²) in [6.07, 6.45) is 0.337. The number of hydrogen-bond acceptors (Lipinski definition) is 5. The summed E-state index contributed by atoms with van der Waals surface area (Å²) in [5, 5.41) is 0. The van der Waals surface area contributed by atoms with Crippen LogP contribution in [0.1, 0.15) is 29.9 Å². The van der Waals surface area contributed by atoms with Gasteiger partial charge < -0.3 is 9.64 Å². The second kappa shape index (κ2) is 7.47. The number of hydrogen-bond donors (Lipinski definition) is 0. The van der Waals surface area contributed by atoms with Crippen LogP contribution in [0, 0.1) is 19.8 Å². The molecule has 1 aliphatic heterocycles. The lowest BCUT2D eigenvalue weighted by atomic mass is 9.99. The molecule has 2 aromatic heterocycles. The van der Waals surface area contributed by atoms with Gasteiger partial charge in [-0.15, -0.1) is 0 Å². The van der Waals surface area contributed by atoms with Gasteiger partial charge in [-0.2, -0.15) is 13.2 Å². The van der Waals surface area contributed by atoms with Crippen molar-refractivity contribution in [3.63, 3.8) is 0 Å². The Hall–Kier alpha value is -2.38. The highest BCUT2D eigenvalue weighted by molar-refractivity contribution is 5.43. The van der Waals surface area contributed by atoms with Crippen molar-refractivity contribution in [1.29, 1.82) is 0 Å². The summed E-state index contributed by atoms with van der Waals surface area (Å²) >= 11 is 0. The molecule has 5 nitrogen and oxygen atoms in total. The number of ether oxygens (including phenoxy) is 1. The van der Waals surface area contributed by atoms with Gasteiger partial charge in [-0.1, -0.05) is 0 Å². The Morgan fingerprint density at radius 3 is 2.85 bits per heavy atom. The summed E-state index contributed by atoms with van der Waals surface area (Å²) in [6.45, 7) is 5.83. The summed E-state index contributed by atoms with van der Waals surface area (Å²) in [5.74, 6) is 1.28. The third kappa shape index (κ3) is 4.42. The van der Waals surface area contributed by atoms with Gasteiger partial charge in [-0.3, -0.25) is 9.97 Å². The van der Waals surface area contributed by atoms with Gasteiger partial charge in [0.05, 0.1) is 18.0 Å². The van der Waals surface area contributed by atoms with Gasteiger partial charge in [0.15, 0.2) is 0 Å². The van der Waals surface area contributed by atoms with E-state index in [2.05, 4.69) is 19.9 Å². The molecule has 3 rings (SSSR count). The molecule has 1 atom stereocenters. The minimum absolute atomic E-state index is 0.191. The van der Waals surface area contributed by atoms with E-state index in [0.717, 1.165) is 55.4 Å². The van der Waals surface area contributed by atoms with Crippen LogP contribution in [-0.4, -0.2) is 34.6 Å². The molecule has 140 valence electrons. The maximum absolute atomic E-state index is 12.7. The Morgan fingerprint density at radius 2 is 2.08 bits per heavy atom. The number of pyridine rings is 1. The van der Waals surface area contributed by atoms with Crippen LogP contribution in [0.25, 0.3) is 0 Å². The number of nitrogens with zero attached hydrogens (tertiary/aromatic N) is 4. The van der Waals surface area contributed by atoms with Crippen LogP contribution in [0.2, 0.25) is 0 Å². The van der Waals surface area contributed by atoms with Crippen molar-refractivity contribution in [2.45, 2.75) is 32.9 Å². The second-order valence-corrected chi connectivity index (χ2v) is 6.56. The van der Waals surface area contributed by atoms with Crippen molar-refractivity contribution >= 4 is 5.82 Å². The average molecular weight is 366 g/mol. The molecule has 8 heteroatoms. The fourth-order valence-corrected chi connectivity index (χ4v) is 3.09. The Morgan fingerprint density at radius 1 is 1.27 bits per heavy atom. The molecule has 1 unspecified atom stereocenters. The van der Waals surface area contributed by atoms with Crippen molar-refractivity contribution in [3.05, 3.63) is 41.6 Å². The van der Waals surface area contributed by atoms with Crippen LogP contribution in [0.15, 0.2) is 24.5 Å². The molecular formula is C18H21F3N4O. The summed E-state index contributed by atoms with van der Waals surface area (Å²) in [7, 11) is 0. The number of anilines is 1. The topological polar surface area (TPSA) is 51.1 Å². The van der Waals surface area contributed by atoms with Crippen molar-refractivity contribution in [1.82, 2.24) is 15.0 Å². The Labute approximate surface area is 150 Å². The van der Waals surface area contributed by atoms with Crippen LogP contribution in [-0.2, 0) is 6.18 Å². The Balaban J connectivity index is 1.63. The van der Waals surface area contributed by atoms with Gasteiger partial charge in [0.2, 0.25) is 0 Å². The average Bonchev–Trinajstić information content (AvgIpc) is 2.62. The number of rotatable bonds is 4. The molecule has 1 saturated heterocycles. The molecule has 0 spiro atoms. The van der Waals surface area contributed by atoms with Crippen LogP contribution < -0.4 is 9.64 Å². The van der Waals surface area contributed by atoms with Gasteiger partial charge in [0, 0.05) is 37.5 Å². The van der Waals surface area contributed by atoms with E-state index in [0.29, 0.717) is 6.61 Å². The highest BCUT2D eigenvalue weighted by atomic mass is 19.4. The van der Waals surface area contributed by atoms with Crippen LogP contribution in [0.3, 0.4) is 0 Å². The zero-order valence-corrected chi connectivity index (χ0v) is 14.8. The highest BCUT2D eigenvalue weighted by Crippen LogP contribution is 2.30. The molecule has 0 N–H and O–H groups in total. The molecule has 2 aromatic rings. The number of alkyl halides is 3. The van der Waals surface area contributed by atoms with Gasteiger partial charge in [0.1, 0.15) is 17.3 Å². The molecule has 0 bridgehead atoms. The van der Waals surface area contributed by atoms with Crippen molar-refractivity contribution in [3.8, 4) is 5.75 Å². The van der Waals surface area contributed by atoms with E-state index < -0.39 is 11.9 Å². The predicted octanol–water partition coefficient (Wildman–Crippen LogP) is 3.80. The predicted molar refractivity (Wildman–Crippen MR) is 91.2 cm³/mol. The second-order valence-electron chi connectivity index (χ2n) is 6.56. The summed E-state index contributed by atoms with van der Waals surface area (Å²) in [4.78, 5) is 14.5. The number of halogens is 3. The maximum Gasteiger partial charge on any atom is 0.433 e. The van der Waals surface area contributed by atoms with E-state index in [1.165, 1.54) is 6.07 Å². The molecule has 26 heavy (non-hydrogen) atoms. The normalized spacial score (nSPS) is 18.0. The first kappa shape index (κ1) is 18.4. The molecule has 0 saturated carbocycles. The smallest absolute Gasteiger partial charge is 0.433 e. The molecule has 0 amide bonds. The minimum atomic E-state index is -4.47. The number of piperidine rings is 1. The van der Waals surface area contributed by atoms with E-state index in [1.54, 1.807) is 6.20 Å². The maximum atomic E-state index is 12.7. The van der Waals surface area contributed by atoms with E-state index in [4.69, 9.17) is 4.74 Å². The van der Waals surface area contributed by atoms with E-state index in [9.17, 15) is 13.2 Å². The molecular weight excluding hydrogens is 345 g/mol. The zero-order chi connectivity index (χ0) is 18.7.